The van der Waals surface area contributed by atoms with Crippen molar-refractivity contribution in [1.82, 2.24) is 24.6 Å². The summed E-state index contributed by atoms with van der Waals surface area (Å²) in [7, 11) is 2.93. The molecule has 0 bridgehead atoms. The first-order chi connectivity index (χ1) is 17.4. The Balaban J connectivity index is 1.45. The molecule has 3 heterocycles. The Labute approximate surface area is 204 Å². The van der Waals surface area contributed by atoms with Gasteiger partial charge < -0.3 is 19.4 Å². The van der Waals surface area contributed by atoms with E-state index in [9.17, 15) is 18.8 Å². The molecule has 11 heteroatoms. The minimum Gasteiger partial charge on any atom is -0.466 e. The Morgan fingerprint density at radius 1 is 1.11 bits per heavy atom. The first-order valence-corrected chi connectivity index (χ1v) is 10.8. The Kier molecular flexibility index (Phi) is 7.19. The summed E-state index contributed by atoms with van der Waals surface area (Å²) in [5.74, 6) is -2.12. The number of esters is 2. The second kappa shape index (κ2) is 10.6. The predicted molar refractivity (Wildman–Crippen MR) is 127 cm³/mol. The van der Waals surface area contributed by atoms with E-state index in [1.165, 1.54) is 17.9 Å². The van der Waals surface area contributed by atoms with E-state index in [2.05, 4.69) is 20.1 Å². The van der Waals surface area contributed by atoms with Crippen molar-refractivity contribution < 1.29 is 28.2 Å². The van der Waals surface area contributed by atoms with Crippen molar-refractivity contribution >= 4 is 28.9 Å². The molecule has 3 aromatic heterocycles. The Morgan fingerprint density at radius 2 is 1.89 bits per heavy atom. The average molecular weight is 491 g/mol. The van der Waals surface area contributed by atoms with Crippen LogP contribution in [-0.4, -0.2) is 44.3 Å². The van der Waals surface area contributed by atoms with Crippen LogP contribution in [0.15, 0.2) is 67.0 Å². The molecule has 10 nitrogen and oxygen atoms in total. The van der Waals surface area contributed by atoms with Gasteiger partial charge in [-0.1, -0.05) is 18.2 Å². The van der Waals surface area contributed by atoms with E-state index in [1.807, 2.05) is 6.07 Å². The summed E-state index contributed by atoms with van der Waals surface area (Å²) in [5.41, 5.74) is 2.63. The number of hydrogen-bond donors (Lipinski definition) is 1. The number of aryl methyl sites for hydroxylation is 1. The molecule has 0 aliphatic carbocycles. The molecule has 0 radical (unpaired) electrons. The van der Waals surface area contributed by atoms with Gasteiger partial charge in [0.25, 0.3) is 5.91 Å². The van der Waals surface area contributed by atoms with Crippen LogP contribution < -0.4 is 5.32 Å². The Hall–Kier alpha value is -4.80. The summed E-state index contributed by atoms with van der Waals surface area (Å²) in [4.78, 5) is 40.1. The van der Waals surface area contributed by atoms with Crippen molar-refractivity contribution in [2.45, 2.75) is 13.3 Å². The number of carbonyl (C=O) groups excluding carboxylic acids is 3. The van der Waals surface area contributed by atoms with Gasteiger partial charge in [0.15, 0.2) is 6.73 Å². The van der Waals surface area contributed by atoms with E-state index in [4.69, 9.17) is 4.74 Å². The normalized spacial score (nSPS) is 11.1. The molecule has 1 amide bonds. The van der Waals surface area contributed by atoms with Crippen LogP contribution in [-0.2, 0) is 39.4 Å². The van der Waals surface area contributed by atoms with Gasteiger partial charge in [-0.2, -0.15) is 5.10 Å². The molecule has 1 N–H and O–H groups in total. The van der Waals surface area contributed by atoms with Crippen molar-refractivity contribution in [3.63, 3.8) is 0 Å². The van der Waals surface area contributed by atoms with E-state index in [-0.39, 0.29) is 25.0 Å². The van der Waals surface area contributed by atoms with E-state index < -0.39 is 11.9 Å². The molecule has 0 saturated heterocycles. The summed E-state index contributed by atoms with van der Waals surface area (Å²) in [6.07, 6.45) is 5.14. The summed E-state index contributed by atoms with van der Waals surface area (Å²) in [5, 5.41) is 7.65. The van der Waals surface area contributed by atoms with Gasteiger partial charge in [-0.25, -0.2) is 23.6 Å². The topological polar surface area (TPSA) is 117 Å². The number of aromatic nitrogens is 4. The average Bonchev–Trinajstić information content (AvgIpc) is 3.49. The molecule has 4 rings (SSSR count). The minimum atomic E-state index is -0.721. The summed E-state index contributed by atoms with van der Waals surface area (Å²) in [6.45, 7) is -0.100. The van der Waals surface area contributed by atoms with Crippen LogP contribution in [0.3, 0.4) is 0 Å². The van der Waals surface area contributed by atoms with Crippen LogP contribution >= 0.6 is 0 Å². The molecule has 4 aromatic rings. The molecule has 0 fully saturated rings. The summed E-state index contributed by atoms with van der Waals surface area (Å²) >= 11 is 0. The van der Waals surface area contributed by atoms with Crippen molar-refractivity contribution in [2.24, 2.45) is 7.05 Å². The third kappa shape index (κ3) is 5.46. The highest BCUT2D eigenvalue weighted by atomic mass is 19.1. The number of fused-ring (bicyclic) bond motifs is 1. The molecular weight excluding hydrogens is 469 g/mol. The maximum atomic E-state index is 13.8. The number of halogens is 1. The SMILES string of the molecule is COC(=O)/C=C/C(=O)OCn1cc(-c2ccc3cc(C(=O)NCc4ccccc4F)n(C)c3n2)cn1. The van der Waals surface area contributed by atoms with Crippen molar-refractivity contribution in [3.05, 3.63) is 84.1 Å². The van der Waals surface area contributed by atoms with E-state index in [0.29, 0.717) is 28.2 Å². The maximum Gasteiger partial charge on any atom is 0.332 e. The zero-order valence-electron chi connectivity index (χ0n) is 19.5. The monoisotopic (exact) mass is 491 g/mol. The highest BCUT2D eigenvalue weighted by Crippen LogP contribution is 2.23. The van der Waals surface area contributed by atoms with Crippen molar-refractivity contribution in [1.29, 1.82) is 0 Å². The van der Waals surface area contributed by atoms with E-state index in [1.54, 1.807) is 54.3 Å². The number of methoxy groups -OCH3 is 1. The van der Waals surface area contributed by atoms with Crippen LogP contribution in [0.1, 0.15) is 16.1 Å². The van der Waals surface area contributed by atoms with E-state index >= 15 is 0 Å². The lowest BCUT2D eigenvalue weighted by atomic mass is 10.2. The van der Waals surface area contributed by atoms with Gasteiger partial charge >= 0.3 is 11.9 Å². The highest BCUT2D eigenvalue weighted by molar-refractivity contribution is 5.98. The maximum absolute atomic E-state index is 13.8. The quantitative estimate of drug-likeness (QED) is 0.298. The summed E-state index contributed by atoms with van der Waals surface area (Å²) in [6, 6.07) is 11.6. The first-order valence-electron chi connectivity index (χ1n) is 10.8. The lowest BCUT2D eigenvalue weighted by Gasteiger charge is -2.07. The molecule has 1 aromatic carbocycles. The number of benzene rings is 1. The first kappa shape index (κ1) is 24.3. The fourth-order valence-electron chi connectivity index (χ4n) is 3.43. The lowest BCUT2D eigenvalue weighted by Crippen LogP contribution is -2.25. The predicted octanol–water partition coefficient (Wildman–Crippen LogP) is 2.74. The van der Waals surface area contributed by atoms with Crippen LogP contribution in [0.2, 0.25) is 0 Å². The number of ether oxygens (including phenoxy) is 2. The Morgan fingerprint density at radius 3 is 2.67 bits per heavy atom. The van der Waals surface area contributed by atoms with Crippen LogP contribution in [0, 0.1) is 5.82 Å². The van der Waals surface area contributed by atoms with Crippen LogP contribution in [0.4, 0.5) is 4.39 Å². The molecule has 0 aliphatic heterocycles. The zero-order valence-corrected chi connectivity index (χ0v) is 19.5. The van der Waals surface area contributed by atoms with Gasteiger partial charge in [-0.15, -0.1) is 0 Å². The fourth-order valence-corrected chi connectivity index (χ4v) is 3.43. The molecule has 0 spiro atoms. The number of rotatable bonds is 8. The van der Waals surface area contributed by atoms with Crippen LogP contribution in [0.25, 0.3) is 22.3 Å². The number of pyridine rings is 1. The number of nitrogens with one attached hydrogen (secondary N) is 1. The lowest BCUT2D eigenvalue weighted by molar-refractivity contribution is -0.142. The largest absolute Gasteiger partial charge is 0.466 e. The molecule has 0 atom stereocenters. The highest BCUT2D eigenvalue weighted by Gasteiger charge is 2.16. The Bertz CT molecular complexity index is 1470. The standard InChI is InChI=1S/C25H22FN5O5/c1-30-21(25(34)27-12-17-5-3-4-6-19(17)26)11-16-7-8-20(29-24(16)30)18-13-28-31(14-18)15-36-23(33)10-9-22(32)35-2/h3-11,13-14H,12,15H2,1-2H3,(H,27,34)/b10-9+. The third-order valence-electron chi connectivity index (χ3n) is 5.33. The van der Waals surface area contributed by atoms with Gasteiger partial charge in [-0.3, -0.25) is 4.79 Å². The number of hydrogen-bond acceptors (Lipinski definition) is 7. The number of nitrogens with zero attached hydrogens (tertiary/aromatic N) is 4. The molecule has 0 saturated carbocycles. The third-order valence-corrected chi connectivity index (χ3v) is 5.33. The van der Waals surface area contributed by atoms with Gasteiger partial charge in [0.1, 0.15) is 17.2 Å². The molecule has 36 heavy (non-hydrogen) atoms. The van der Waals surface area contributed by atoms with Gasteiger partial charge in [0.2, 0.25) is 0 Å². The second-order valence-electron chi connectivity index (χ2n) is 7.69. The van der Waals surface area contributed by atoms with Crippen molar-refractivity contribution in [2.75, 3.05) is 7.11 Å². The molecule has 184 valence electrons. The van der Waals surface area contributed by atoms with Crippen LogP contribution in [0.5, 0.6) is 0 Å². The molecule has 0 unspecified atom stereocenters. The van der Waals surface area contributed by atoms with Gasteiger partial charge in [-0.05, 0) is 24.3 Å². The summed E-state index contributed by atoms with van der Waals surface area (Å²) < 4.78 is 26.3. The van der Waals surface area contributed by atoms with Gasteiger partial charge in [0, 0.05) is 48.5 Å². The van der Waals surface area contributed by atoms with Gasteiger partial charge in [0.05, 0.1) is 19.0 Å². The van der Waals surface area contributed by atoms with Crippen molar-refractivity contribution in [3.8, 4) is 11.3 Å². The number of carbonyl (C=O) groups is 3. The number of amides is 1. The smallest absolute Gasteiger partial charge is 0.332 e. The van der Waals surface area contributed by atoms with E-state index in [0.717, 1.165) is 17.5 Å². The second-order valence-corrected chi connectivity index (χ2v) is 7.69. The molecule has 0 aliphatic rings. The zero-order chi connectivity index (χ0) is 25.7. The molecular formula is C25H22FN5O5. The minimum absolute atomic E-state index is 0.0634. The fraction of sp³-hybridized carbons (Fsp3) is 0.160.